The Kier molecular flexibility index (Phi) is 4.59. The van der Waals surface area contributed by atoms with Crippen molar-refractivity contribution in [2.24, 2.45) is 5.92 Å². The van der Waals surface area contributed by atoms with Crippen molar-refractivity contribution in [1.29, 1.82) is 0 Å². The van der Waals surface area contributed by atoms with E-state index < -0.39 is 0 Å². The van der Waals surface area contributed by atoms with E-state index in [2.05, 4.69) is 17.3 Å². The molecule has 0 aliphatic carbocycles. The molecule has 0 unspecified atom stereocenters. The normalized spacial score (nSPS) is 25.6. The first kappa shape index (κ1) is 15.2. The lowest BCUT2D eigenvalue weighted by molar-refractivity contribution is 0.0616. The number of halogens is 1. The Balaban J connectivity index is 1.63. The van der Waals surface area contributed by atoms with E-state index in [1.807, 2.05) is 4.90 Å². The van der Waals surface area contributed by atoms with Crippen molar-refractivity contribution >= 4 is 6.03 Å². The van der Waals surface area contributed by atoms with E-state index in [0.29, 0.717) is 32.2 Å². The first-order valence-corrected chi connectivity index (χ1v) is 7.67. The Labute approximate surface area is 130 Å². The molecule has 1 aromatic carbocycles. The Morgan fingerprint density at radius 1 is 1.36 bits per heavy atom. The fraction of sp³-hybridized carbons (Fsp3) is 0.562. The zero-order valence-electron chi connectivity index (χ0n) is 12.8. The number of carbonyl (C=O) groups is 1. The Hall–Kier alpha value is -1.66. The lowest BCUT2D eigenvalue weighted by Gasteiger charge is -2.29. The van der Waals surface area contributed by atoms with Crippen molar-refractivity contribution in [1.82, 2.24) is 15.1 Å². The molecule has 5 nitrogen and oxygen atoms in total. The molecule has 2 fully saturated rings. The molecule has 2 aliphatic rings. The second-order valence-electron chi connectivity index (χ2n) is 6.22. The zero-order chi connectivity index (χ0) is 15.5. The molecule has 2 aliphatic heterocycles. The third kappa shape index (κ3) is 3.56. The van der Waals surface area contributed by atoms with Crippen LogP contribution in [0.25, 0.3) is 0 Å². The van der Waals surface area contributed by atoms with E-state index in [9.17, 15) is 9.18 Å². The molecule has 1 N–H and O–H groups in total. The van der Waals surface area contributed by atoms with Crippen molar-refractivity contribution in [2.45, 2.75) is 12.6 Å². The second-order valence-corrected chi connectivity index (χ2v) is 6.22. The maximum Gasteiger partial charge on any atom is 0.318 e. The molecule has 2 amide bonds. The van der Waals surface area contributed by atoms with E-state index in [1.54, 1.807) is 12.1 Å². The van der Waals surface area contributed by atoms with Crippen LogP contribution in [-0.4, -0.2) is 61.8 Å². The van der Waals surface area contributed by atoms with Crippen molar-refractivity contribution in [2.75, 3.05) is 39.9 Å². The number of nitrogens with zero attached hydrogens (tertiary/aromatic N) is 2. The third-order valence-corrected chi connectivity index (χ3v) is 4.25. The van der Waals surface area contributed by atoms with Crippen LogP contribution in [0.5, 0.6) is 0 Å². The Morgan fingerprint density at radius 3 is 3.05 bits per heavy atom. The Bertz CT molecular complexity index is 540. The molecular weight excluding hydrogens is 285 g/mol. The largest absolute Gasteiger partial charge is 0.379 e. The number of amides is 2. The summed E-state index contributed by atoms with van der Waals surface area (Å²) in [6.07, 6.45) is 0. The van der Waals surface area contributed by atoms with Gasteiger partial charge >= 0.3 is 6.03 Å². The molecular formula is C16H22FN3O2. The highest BCUT2D eigenvalue weighted by molar-refractivity contribution is 5.74. The maximum atomic E-state index is 13.2. The number of nitrogens with one attached hydrogen (secondary N) is 1. The summed E-state index contributed by atoms with van der Waals surface area (Å²) in [4.78, 5) is 16.6. The summed E-state index contributed by atoms with van der Waals surface area (Å²) in [6.45, 7) is 4.10. The van der Waals surface area contributed by atoms with Crippen LogP contribution in [-0.2, 0) is 11.3 Å². The van der Waals surface area contributed by atoms with Gasteiger partial charge in [0.1, 0.15) is 5.82 Å². The fourth-order valence-electron chi connectivity index (χ4n) is 3.25. The lowest BCUT2D eigenvalue weighted by Crippen LogP contribution is -2.49. The van der Waals surface area contributed by atoms with E-state index >= 15 is 0 Å². The quantitative estimate of drug-likeness (QED) is 0.896. The minimum absolute atomic E-state index is 0.0741. The number of hydrogen-bond donors (Lipinski definition) is 1. The van der Waals surface area contributed by atoms with Gasteiger partial charge in [-0.25, -0.2) is 9.18 Å². The molecule has 22 heavy (non-hydrogen) atoms. The molecule has 0 saturated carbocycles. The van der Waals surface area contributed by atoms with Crippen molar-refractivity contribution in [3.63, 3.8) is 0 Å². The summed E-state index contributed by atoms with van der Waals surface area (Å²) in [6, 6.07) is 6.28. The summed E-state index contributed by atoms with van der Waals surface area (Å²) in [5.41, 5.74) is 0.763. The van der Waals surface area contributed by atoms with Gasteiger partial charge in [0.25, 0.3) is 0 Å². The number of hydrogen-bond acceptors (Lipinski definition) is 3. The summed E-state index contributed by atoms with van der Waals surface area (Å²) >= 11 is 0. The van der Waals surface area contributed by atoms with Gasteiger partial charge in [0.15, 0.2) is 0 Å². The molecule has 1 aromatic rings. The van der Waals surface area contributed by atoms with E-state index in [-0.39, 0.29) is 17.9 Å². The lowest BCUT2D eigenvalue weighted by atomic mass is 10.1. The third-order valence-electron chi connectivity index (χ3n) is 4.25. The smallest absolute Gasteiger partial charge is 0.318 e. The number of likely N-dealkylation sites (N-methyl/N-ethyl adjacent to an activating group) is 1. The van der Waals surface area contributed by atoms with Gasteiger partial charge in [0.2, 0.25) is 0 Å². The summed E-state index contributed by atoms with van der Waals surface area (Å²) in [5, 5.41) is 2.90. The standard InChI is InChI=1S/C16H22FN3O2/c1-19-7-13-8-20(15(9-19)11-22-10-13)16(21)18-6-12-3-2-4-14(17)5-12/h2-5,13,15H,6-11H2,1H3,(H,18,21)/t13-,15-/m0/s1. The van der Waals surface area contributed by atoms with Crippen molar-refractivity contribution in [3.05, 3.63) is 35.6 Å². The molecule has 0 radical (unpaired) electrons. The molecule has 2 bridgehead atoms. The molecule has 2 atom stereocenters. The molecule has 120 valence electrons. The number of benzene rings is 1. The number of ether oxygens (including phenoxy) is 1. The first-order valence-electron chi connectivity index (χ1n) is 7.67. The van der Waals surface area contributed by atoms with Crippen molar-refractivity contribution < 1.29 is 13.9 Å². The topological polar surface area (TPSA) is 44.8 Å². The monoisotopic (exact) mass is 307 g/mol. The minimum Gasteiger partial charge on any atom is -0.379 e. The molecule has 0 aromatic heterocycles. The number of urea groups is 1. The predicted molar refractivity (Wildman–Crippen MR) is 80.9 cm³/mol. The van der Waals surface area contributed by atoms with Gasteiger partial charge in [0.05, 0.1) is 19.3 Å². The van der Waals surface area contributed by atoms with Gasteiger partial charge in [0, 0.05) is 32.1 Å². The van der Waals surface area contributed by atoms with Crippen LogP contribution in [0.4, 0.5) is 9.18 Å². The van der Waals surface area contributed by atoms with Crippen LogP contribution < -0.4 is 5.32 Å². The van der Waals surface area contributed by atoms with Crippen LogP contribution >= 0.6 is 0 Å². The summed E-state index contributed by atoms with van der Waals surface area (Å²) in [7, 11) is 2.08. The van der Waals surface area contributed by atoms with Crippen LogP contribution in [0.15, 0.2) is 24.3 Å². The molecule has 3 rings (SSSR count). The minimum atomic E-state index is -0.285. The molecule has 2 saturated heterocycles. The highest BCUT2D eigenvalue weighted by Gasteiger charge is 2.34. The van der Waals surface area contributed by atoms with Gasteiger partial charge < -0.3 is 19.9 Å². The van der Waals surface area contributed by atoms with Crippen LogP contribution in [0.2, 0.25) is 0 Å². The molecule has 0 spiro atoms. The first-order chi connectivity index (χ1) is 10.6. The van der Waals surface area contributed by atoms with Crippen molar-refractivity contribution in [3.8, 4) is 0 Å². The van der Waals surface area contributed by atoms with Gasteiger partial charge in [-0.15, -0.1) is 0 Å². The average molecular weight is 307 g/mol. The SMILES string of the molecule is CN1C[C@@H]2COC[C@H](C1)N(C(=O)NCc1cccc(F)c1)C2. The van der Waals surface area contributed by atoms with E-state index in [4.69, 9.17) is 4.74 Å². The highest BCUT2D eigenvalue weighted by atomic mass is 19.1. The average Bonchev–Trinajstić information content (AvgIpc) is 2.75. The number of fused-ring (bicyclic) bond motifs is 3. The van der Waals surface area contributed by atoms with Crippen LogP contribution in [0.1, 0.15) is 5.56 Å². The van der Waals surface area contributed by atoms with Gasteiger partial charge in [-0.2, -0.15) is 0 Å². The van der Waals surface area contributed by atoms with E-state index in [0.717, 1.165) is 18.7 Å². The maximum absolute atomic E-state index is 13.2. The second kappa shape index (κ2) is 6.62. The zero-order valence-corrected chi connectivity index (χ0v) is 12.8. The van der Waals surface area contributed by atoms with E-state index in [1.165, 1.54) is 12.1 Å². The highest BCUT2D eigenvalue weighted by Crippen LogP contribution is 2.19. The van der Waals surface area contributed by atoms with Crippen LogP contribution in [0, 0.1) is 11.7 Å². The molecule has 6 heteroatoms. The molecule has 2 heterocycles. The number of carbonyl (C=O) groups excluding carboxylic acids is 1. The summed E-state index contributed by atoms with van der Waals surface area (Å²) in [5.74, 6) is 0.0600. The summed E-state index contributed by atoms with van der Waals surface area (Å²) < 4.78 is 18.8. The fourth-order valence-corrected chi connectivity index (χ4v) is 3.25. The Morgan fingerprint density at radius 2 is 2.23 bits per heavy atom. The van der Waals surface area contributed by atoms with Gasteiger partial charge in [-0.3, -0.25) is 0 Å². The predicted octanol–water partition coefficient (Wildman–Crippen LogP) is 1.30. The number of rotatable bonds is 2. The van der Waals surface area contributed by atoms with Gasteiger partial charge in [-0.05, 0) is 24.7 Å². The van der Waals surface area contributed by atoms with Crippen LogP contribution in [0.3, 0.4) is 0 Å². The van der Waals surface area contributed by atoms with Gasteiger partial charge in [-0.1, -0.05) is 12.1 Å².